The Kier molecular flexibility index (Phi) is 13.1. The molecule has 0 aromatic carbocycles. The number of ether oxygens (including phenoxy) is 1. The number of carbonyl (C=O) groups is 1. The Morgan fingerprint density at radius 2 is 2.00 bits per heavy atom. The van der Waals surface area contributed by atoms with Crippen molar-refractivity contribution in [3.05, 3.63) is 25.3 Å². The molecule has 3 heteroatoms. The molecule has 0 N–H and O–H groups in total. The number of carbonyl (C=O) groups excluding carboxylic acids is 1. The molecule has 0 atom stereocenters. The van der Waals surface area contributed by atoms with E-state index in [4.69, 9.17) is 4.74 Å². The fraction of sp³-hybridized carbons (Fsp3) is 0.545. The van der Waals surface area contributed by atoms with Crippen molar-refractivity contribution in [2.45, 2.75) is 13.8 Å². The van der Waals surface area contributed by atoms with Gasteiger partial charge >= 0.3 is 0 Å². The van der Waals surface area contributed by atoms with E-state index in [1.807, 2.05) is 13.8 Å². The summed E-state index contributed by atoms with van der Waals surface area (Å²) in [5.41, 5.74) is 0. The first-order chi connectivity index (χ1) is 6.67. The molecule has 1 amide bonds. The lowest BCUT2D eigenvalue weighted by molar-refractivity contribution is -0.126. The molecule has 0 aromatic heterocycles. The van der Waals surface area contributed by atoms with E-state index in [-0.39, 0.29) is 5.91 Å². The summed E-state index contributed by atoms with van der Waals surface area (Å²) in [5, 5.41) is 0. The predicted octanol–water partition coefficient (Wildman–Crippen LogP) is 1.86. The van der Waals surface area contributed by atoms with Gasteiger partial charge in [-0.1, -0.05) is 12.7 Å². The van der Waals surface area contributed by atoms with Crippen molar-refractivity contribution in [1.82, 2.24) is 4.90 Å². The van der Waals surface area contributed by atoms with Gasteiger partial charge in [0, 0.05) is 20.2 Å². The van der Waals surface area contributed by atoms with E-state index >= 15 is 0 Å². The van der Waals surface area contributed by atoms with Crippen LogP contribution in [0.15, 0.2) is 25.3 Å². The Hall–Kier alpha value is -1.09. The zero-order valence-corrected chi connectivity index (χ0v) is 9.45. The molecule has 0 rings (SSSR count). The summed E-state index contributed by atoms with van der Waals surface area (Å²) >= 11 is 0. The lowest BCUT2D eigenvalue weighted by atomic mass is 10.4. The third kappa shape index (κ3) is 9.00. The number of amides is 1. The lowest BCUT2D eigenvalue weighted by Gasteiger charge is -2.17. The summed E-state index contributed by atoms with van der Waals surface area (Å²) in [6.07, 6.45) is 3.07. The van der Waals surface area contributed by atoms with Crippen LogP contribution in [0.4, 0.5) is 0 Å². The van der Waals surface area contributed by atoms with Crippen LogP contribution >= 0.6 is 0 Å². The Morgan fingerprint density at radius 3 is 2.29 bits per heavy atom. The van der Waals surface area contributed by atoms with Gasteiger partial charge in [-0.3, -0.25) is 4.79 Å². The fourth-order valence-corrected chi connectivity index (χ4v) is 0.755. The third-order valence-corrected chi connectivity index (χ3v) is 1.43. The number of likely N-dealkylation sites (N-methyl/N-ethyl adjacent to an activating group) is 1. The molecule has 0 aliphatic heterocycles. The van der Waals surface area contributed by atoms with Crippen LogP contribution in [-0.2, 0) is 9.53 Å². The molecule has 3 nitrogen and oxygen atoms in total. The molecule has 0 aliphatic rings. The van der Waals surface area contributed by atoms with Crippen molar-refractivity contribution in [2.75, 3.05) is 26.8 Å². The normalized spacial score (nSPS) is 8.21. The minimum atomic E-state index is -0.0375. The minimum absolute atomic E-state index is 0.0375. The zero-order valence-electron chi connectivity index (χ0n) is 9.45. The summed E-state index contributed by atoms with van der Waals surface area (Å²) < 4.78 is 4.84. The molecule has 82 valence electrons. The molecule has 0 bridgehead atoms. The van der Waals surface area contributed by atoms with Crippen molar-refractivity contribution < 1.29 is 9.53 Å². The minimum Gasteiger partial charge on any atom is -0.383 e. The van der Waals surface area contributed by atoms with E-state index in [1.165, 1.54) is 6.08 Å². The molecule has 0 unspecified atom stereocenters. The zero-order chi connectivity index (χ0) is 11.4. The highest BCUT2D eigenvalue weighted by Gasteiger charge is 2.05. The Bertz CT molecular complexity index is 167. The van der Waals surface area contributed by atoms with Crippen molar-refractivity contribution in [2.24, 2.45) is 0 Å². The number of methoxy groups -OCH3 is 1. The summed E-state index contributed by atoms with van der Waals surface area (Å²) in [5.74, 6) is -0.0375. The highest BCUT2D eigenvalue weighted by atomic mass is 16.5. The van der Waals surface area contributed by atoms with Crippen LogP contribution in [0.1, 0.15) is 13.8 Å². The first-order valence-corrected chi connectivity index (χ1v) is 4.65. The van der Waals surface area contributed by atoms with Crippen molar-refractivity contribution in [3.8, 4) is 0 Å². The molecule has 0 spiro atoms. The van der Waals surface area contributed by atoms with E-state index in [2.05, 4.69) is 13.2 Å². The maximum Gasteiger partial charge on any atom is 0.246 e. The first kappa shape index (κ1) is 15.4. The van der Waals surface area contributed by atoms with Gasteiger partial charge in [0.05, 0.1) is 6.61 Å². The van der Waals surface area contributed by atoms with Gasteiger partial charge in [0.2, 0.25) is 5.91 Å². The monoisotopic (exact) mass is 199 g/mol. The van der Waals surface area contributed by atoms with Gasteiger partial charge in [-0.25, -0.2) is 0 Å². The molecule has 0 saturated carbocycles. The van der Waals surface area contributed by atoms with Crippen LogP contribution < -0.4 is 0 Å². The Balaban J connectivity index is 0. The molecule has 0 aliphatic carbocycles. The van der Waals surface area contributed by atoms with Crippen LogP contribution in [0.5, 0.6) is 0 Å². The van der Waals surface area contributed by atoms with E-state index in [1.54, 1.807) is 18.1 Å². The Morgan fingerprint density at radius 1 is 1.50 bits per heavy atom. The molecule has 0 heterocycles. The van der Waals surface area contributed by atoms with Crippen molar-refractivity contribution in [1.29, 1.82) is 0 Å². The number of hydrogen-bond donors (Lipinski definition) is 0. The van der Waals surface area contributed by atoms with Crippen LogP contribution in [0.2, 0.25) is 0 Å². The summed E-state index contributed by atoms with van der Waals surface area (Å²) in [7, 11) is 1.62. The van der Waals surface area contributed by atoms with E-state index < -0.39 is 0 Å². The highest BCUT2D eigenvalue weighted by molar-refractivity contribution is 5.86. The average molecular weight is 199 g/mol. The van der Waals surface area contributed by atoms with Gasteiger partial charge in [0.1, 0.15) is 0 Å². The maximum absolute atomic E-state index is 11.0. The molecule has 0 aromatic rings. The summed E-state index contributed by atoms with van der Waals surface area (Å²) in [4.78, 5) is 12.7. The Labute approximate surface area is 87.1 Å². The maximum atomic E-state index is 11.0. The smallest absolute Gasteiger partial charge is 0.246 e. The molecule has 0 saturated heterocycles. The van der Waals surface area contributed by atoms with Crippen molar-refractivity contribution >= 4 is 5.91 Å². The van der Waals surface area contributed by atoms with E-state index in [0.29, 0.717) is 19.7 Å². The first-order valence-electron chi connectivity index (χ1n) is 4.65. The van der Waals surface area contributed by atoms with Crippen molar-refractivity contribution in [3.63, 3.8) is 0 Å². The summed E-state index contributed by atoms with van der Waals surface area (Å²) in [6, 6.07) is 0. The molecule has 0 radical (unpaired) electrons. The standard InChI is InChI=1S/C8H15NO2.C3H6/c1-4-8(10)9(5-2)6-7-11-3;1-3-2/h4H,1,5-7H2,2-3H3;3H,1H2,2H3. The second kappa shape index (κ2) is 11.9. The predicted molar refractivity (Wildman–Crippen MR) is 60.2 cm³/mol. The van der Waals surface area contributed by atoms with Gasteiger partial charge < -0.3 is 9.64 Å². The molecule has 0 fully saturated rings. The number of allylic oxidation sites excluding steroid dienone is 1. The number of rotatable bonds is 5. The third-order valence-electron chi connectivity index (χ3n) is 1.43. The highest BCUT2D eigenvalue weighted by Crippen LogP contribution is 1.89. The second-order valence-electron chi connectivity index (χ2n) is 2.52. The van der Waals surface area contributed by atoms with E-state index in [9.17, 15) is 4.79 Å². The van der Waals surface area contributed by atoms with E-state index in [0.717, 1.165) is 0 Å². The second-order valence-corrected chi connectivity index (χ2v) is 2.52. The van der Waals surface area contributed by atoms with Gasteiger partial charge in [-0.2, -0.15) is 0 Å². The van der Waals surface area contributed by atoms with Gasteiger partial charge in [0.15, 0.2) is 0 Å². The van der Waals surface area contributed by atoms with Crippen LogP contribution in [0, 0.1) is 0 Å². The number of hydrogen-bond acceptors (Lipinski definition) is 2. The van der Waals surface area contributed by atoms with Crippen LogP contribution in [0.25, 0.3) is 0 Å². The molecular formula is C11H21NO2. The van der Waals surface area contributed by atoms with Gasteiger partial charge in [-0.05, 0) is 19.9 Å². The van der Waals surface area contributed by atoms with Crippen LogP contribution in [-0.4, -0.2) is 37.6 Å². The molecule has 14 heavy (non-hydrogen) atoms. The lowest BCUT2D eigenvalue weighted by Crippen LogP contribution is -2.32. The summed E-state index contributed by atoms with van der Waals surface area (Å²) in [6.45, 7) is 12.5. The largest absolute Gasteiger partial charge is 0.383 e. The topological polar surface area (TPSA) is 29.5 Å². The average Bonchev–Trinajstić information content (AvgIpc) is 2.19. The number of nitrogens with zero attached hydrogens (tertiary/aromatic N) is 1. The fourth-order valence-electron chi connectivity index (χ4n) is 0.755. The quantitative estimate of drug-likeness (QED) is 0.499. The van der Waals surface area contributed by atoms with Gasteiger partial charge in [0.25, 0.3) is 0 Å². The molecular weight excluding hydrogens is 178 g/mol. The van der Waals surface area contributed by atoms with Crippen LogP contribution in [0.3, 0.4) is 0 Å². The van der Waals surface area contributed by atoms with Gasteiger partial charge in [-0.15, -0.1) is 6.58 Å². The SMILES string of the molecule is C=CC.C=CC(=O)N(CC)CCOC.